The van der Waals surface area contributed by atoms with Gasteiger partial charge in [-0.25, -0.2) is 0 Å². The van der Waals surface area contributed by atoms with Gasteiger partial charge in [-0.05, 0) is 43.7 Å². The summed E-state index contributed by atoms with van der Waals surface area (Å²) in [6.07, 6.45) is 14.4. The molecule has 0 spiro atoms. The lowest BCUT2D eigenvalue weighted by molar-refractivity contribution is 0.352. The summed E-state index contributed by atoms with van der Waals surface area (Å²) in [5.74, 6) is 0.986. The van der Waals surface area contributed by atoms with E-state index in [1.807, 2.05) is 0 Å². The van der Waals surface area contributed by atoms with E-state index in [2.05, 4.69) is 28.3 Å². The molecule has 0 radical (unpaired) electrons. The van der Waals surface area contributed by atoms with Crippen LogP contribution in [0.25, 0.3) is 0 Å². The van der Waals surface area contributed by atoms with Crippen LogP contribution >= 0.6 is 9.24 Å². The first-order valence-corrected chi connectivity index (χ1v) is 6.42. The fourth-order valence-electron chi connectivity index (χ4n) is 2.19. The first-order chi connectivity index (χ1) is 6.34. The number of hydrogen-bond acceptors (Lipinski definition) is 0. The Balaban J connectivity index is 2.15. The van der Waals surface area contributed by atoms with Crippen LogP contribution in [0, 0.1) is 5.92 Å². The summed E-state index contributed by atoms with van der Waals surface area (Å²) in [6.45, 7) is 2.20. The molecule has 0 saturated heterocycles. The third kappa shape index (κ3) is 4.27. The van der Waals surface area contributed by atoms with Gasteiger partial charge in [-0.2, -0.15) is 0 Å². The predicted molar refractivity (Wildman–Crippen MR) is 64.1 cm³/mol. The predicted octanol–water partition coefficient (Wildman–Crippen LogP) is 4.17. The van der Waals surface area contributed by atoms with Gasteiger partial charge in [0.1, 0.15) is 0 Å². The molecule has 0 aliphatic heterocycles. The van der Waals surface area contributed by atoms with Gasteiger partial charge in [-0.1, -0.05) is 31.9 Å². The van der Waals surface area contributed by atoms with Crippen LogP contribution in [0.1, 0.15) is 51.9 Å². The third-order valence-corrected chi connectivity index (χ3v) is 3.95. The Kier molecular flexibility index (Phi) is 5.71. The first kappa shape index (κ1) is 11.2. The molecule has 1 heteroatoms. The fraction of sp³-hybridized carbons (Fsp3) is 0.833. The fourth-order valence-corrected chi connectivity index (χ4v) is 2.81. The number of allylic oxidation sites excluding steroid dienone is 2. The minimum absolute atomic E-state index is 0.906. The summed E-state index contributed by atoms with van der Waals surface area (Å²) < 4.78 is 0. The summed E-state index contributed by atoms with van der Waals surface area (Å²) in [7, 11) is 3.04. The Morgan fingerprint density at radius 3 is 2.69 bits per heavy atom. The number of rotatable bonds is 4. The smallest absolute Gasteiger partial charge is 0.0236 e. The molecule has 1 aliphatic rings. The molecule has 0 heterocycles. The minimum Gasteiger partial charge on any atom is -0.134 e. The molecule has 1 aliphatic carbocycles. The lowest BCUT2D eigenvalue weighted by atomic mass is 9.85. The van der Waals surface area contributed by atoms with Gasteiger partial charge < -0.3 is 0 Å². The largest absolute Gasteiger partial charge is 0.134 e. The molecule has 0 N–H and O–H groups in total. The van der Waals surface area contributed by atoms with Gasteiger partial charge in [0.25, 0.3) is 0 Å². The molecule has 13 heavy (non-hydrogen) atoms. The van der Waals surface area contributed by atoms with Crippen molar-refractivity contribution in [2.75, 3.05) is 0 Å². The lowest BCUT2D eigenvalue weighted by Gasteiger charge is -2.28. The van der Waals surface area contributed by atoms with Crippen molar-refractivity contribution < 1.29 is 0 Å². The van der Waals surface area contributed by atoms with Crippen LogP contribution in [0.2, 0.25) is 0 Å². The topological polar surface area (TPSA) is 0 Å². The summed E-state index contributed by atoms with van der Waals surface area (Å²) in [5.41, 5.74) is 0.906. The molecular formula is C12H23P. The third-order valence-electron chi connectivity index (χ3n) is 3.07. The Morgan fingerprint density at radius 1 is 1.23 bits per heavy atom. The molecular weight excluding hydrogens is 175 g/mol. The van der Waals surface area contributed by atoms with E-state index >= 15 is 0 Å². The van der Waals surface area contributed by atoms with Crippen molar-refractivity contribution in [2.24, 2.45) is 5.92 Å². The van der Waals surface area contributed by atoms with Crippen LogP contribution < -0.4 is 0 Å². The highest BCUT2D eigenvalue weighted by Crippen LogP contribution is 2.33. The van der Waals surface area contributed by atoms with E-state index < -0.39 is 0 Å². The quantitative estimate of drug-likeness (QED) is 0.470. The molecule has 1 rings (SSSR count). The van der Waals surface area contributed by atoms with Crippen molar-refractivity contribution in [2.45, 2.75) is 57.5 Å². The first-order valence-electron chi connectivity index (χ1n) is 5.75. The van der Waals surface area contributed by atoms with Crippen LogP contribution in [0.4, 0.5) is 0 Å². The maximum atomic E-state index is 3.04. The van der Waals surface area contributed by atoms with E-state index in [4.69, 9.17) is 0 Å². The SMILES string of the molecule is CC/C=C\CCC1CCCCC1P. The van der Waals surface area contributed by atoms with Crippen molar-refractivity contribution in [1.82, 2.24) is 0 Å². The van der Waals surface area contributed by atoms with E-state index in [1.165, 1.54) is 44.9 Å². The molecule has 1 fully saturated rings. The maximum absolute atomic E-state index is 3.04. The van der Waals surface area contributed by atoms with Crippen molar-refractivity contribution in [3.05, 3.63) is 12.2 Å². The van der Waals surface area contributed by atoms with E-state index in [0.717, 1.165) is 11.6 Å². The second-order valence-electron chi connectivity index (χ2n) is 4.17. The standard InChI is InChI=1S/C12H23P/c1-2-3-4-5-8-11-9-6-7-10-12(11)13/h3-4,11-12H,2,5-10,13H2,1H3/b4-3-. The van der Waals surface area contributed by atoms with Gasteiger partial charge in [0.05, 0.1) is 0 Å². The monoisotopic (exact) mass is 198 g/mol. The molecule has 0 aromatic carbocycles. The molecule has 0 aromatic heterocycles. The normalized spacial score (nSPS) is 29.7. The Bertz CT molecular complexity index is 151. The number of hydrogen-bond donors (Lipinski definition) is 0. The van der Waals surface area contributed by atoms with E-state index in [0.29, 0.717) is 0 Å². The highest BCUT2D eigenvalue weighted by molar-refractivity contribution is 7.17. The van der Waals surface area contributed by atoms with Gasteiger partial charge in [-0.15, -0.1) is 9.24 Å². The van der Waals surface area contributed by atoms with Gasteiger partial charge >= 0.3 is 0 Å². The van der Waals surface area contributed by atoms with Crippen LogP contribution in [0.15, 0.2) is 12.2 Å². The van der Waals surface area contributed by atoms with Gasteiger partial charge in [-0.3, -0.25) is 0 Å². The average molecular weight is 198 g/mol. The van der Waals surface area contributed by atoms with Crippen LogP contribution in [-0.4, -0.2) is 5.66 Å². The second-order valence-corrected chi connectivity index (χ2v) is 5.02. The van der Waals surface area contributed by atoms with E-state index in [1.54, 1.807) is 0 Å². The molecule has 3 unspecified atom stereocenters. The van der Waals surface area contributed by atoms with E-state index in [9.17, 15) is 0 Å². The molecule has 0 bridgehead atoms. The molecule has 0 aromatic rings. The Morgan fingerprint density at radius 2 is 2.00 bits per heavy atom. The molecule has 1 saturated carbocycles. The zero-order chi connectivity index (χ0) is 9.52. The summed E-state index contributed by atoms with van der Waals surface area (Å²) >= 11 is 0. The molecule has 0 nitrogen and oxygen atoms in total. The van der Waals surface area contributed by atoms with Gasteiger partial charge in [0.15, 0.2) is 0 Å². The van der Waals surface area contributed by atoms with Crippen LogP contribution in [0.5, 0.6) is 0 Å². The minimum atomic E-state index is 0.906. The molecule has 3 atom stereocenters. The van der Waals surface area contributed by atoms with Gasteiger partial charge in [0, 0.05) is 0 Å². The summed E-state index contributed by atoms with van der Waals surface area (Å²) in [5, 5.41) is 0. The van der Waals surface area contributed by atoms with Crippen molar-refractivity contribution >= 4 is 9.24 Å². The van der Waals surface area contributed by atoms with Crippen molar-refractivity contribution in [3.8, 4) is 0 Å². The second kappa shape index (κ2) is 6.60. The highest BCUT2D eigenvalue weighted by atomic mass is 31.0. The highest BCUT2D eigenvalue weighted by Gasteiger charge is 2.20. The molecule has 76 valence electrons. The van der Waals surface area contributed by atoms with Gasteiger partial charge in [0.2, 0.25) is 0 Å². The summed E-state index contributed by atoms with van der Waals surface area (Å²) in [6, 6.07) is 0. The zero-order valence-electron chi connectivity index (χ0n) is 8.84. The zero-order valence-corrected chi connectivity index (χ0v) is 9.99. The average Bonchev–Trinajstić information content (AvgIpc) is 2.15. The maximum Gasteiger partial charge on any atom is -0.0236 e. The molecule has 0 amide bonds. The Labute approximate surface area is 85.4 Å². The van der Waals surface area contributed by atoms with Crippen LogP contribution in [0.3, 0.4) is 0 Å². The lowest BCUT2D eigenvalue weighted by Crippen LogP contribution is -2.18. The van der Waals surface area contributed by atoms with Crippen LogP contribution in [-0.2, 0) is 0 Å². The van der Waals surface area contributed by atoms with Crippen molar-refractivity contribution in [1.29, 1.82) is 0 Å². The summed E-state index contributed by atoms with van der Waals surface area (Å²) in [4.78, 5) is 0. The van der Waals surface area contributed by atoms with Crippen molar-refractivity contribution in [3.63, 3.8) is 0 Å². The Hall–Kier alpha value is 0.170. The van der Waals surface area contributed by atoms with E-state index in [-0.39, 0.29) is 0 Å².